The van der Waals surface area contributed by atoms with Crippen molar-refractivity contribution in [3.8, 4) is 0 Å². The number of thiophene rings is 1. The lowest BCUT2D eigenvalue weighted by Crippen LogP contribution is -2.50. The first-order valence-corrected chi connectivity index (χ1v) is 9.18. The standard InChI is InChI=1S/C13H22N2O3S2/c1-4-14-9-11-12(5-8-19-11)20(16,17)15-13(3)6-7-18-10(13)2/h5,8,10,14-15H,4,6-7,9H2,1-3H3. The zero-order chi connectivity index (χ0) is 14.8. The summed E-state index contributed by atoms with van der Waals surface area (Å²) in [4.78, 5) is 1.22. The van der Waals surface area contributed by atoms with Gasteiger partial charge in [-0.2, -0.15) is 0 Å². The Labute approximate surface area is 124 Å². The molecule has 0 spiro atoms. The molecule has 2 atom stereocenters. The zero-order valence-corrected chi connectivity index (χ0v) is 13.7. The first-order chi connectivity index (χ1) is 9.39. The van der Waals surface area contributed by atoms with E-state index in [4.69, 9.17) is 4.74 Å². The maximum atomic E-state index is 12.6. The van der Waals surface area contributed by atoms with Gasteiger partial charge in [-0.1, -0.05) is 6.92 Å². The number of ether oxygens (including phenoxy) is 1. The summed E-state index contributed by atoms with van der Waals surface area (Å²) in [7, 11) is -3.51. The van der Waals surface area contributed by atoms with Gasteiger partial charge in [0.05, 0.1) is 16.5 Å². The summed E-state index contributed by atoms with van der Waals surface area (Å²) >= 11 is 1.46. The Bertz CT molecular complexity index is 556. The molecule has 20 heavy (non-hydrogen) atoms. The van der Waals surface area contributed by atoms with Crippen LogP contribution in [0.3, 0.4) is 0 Å². The lowest BCUT2D eigenvalue weighted by Gasteiger charge is -2.28. The first kappa shape index (κ1) is 15.9. The number of hydrogen-bond donors (Lipinski definition) is 2. The summed E-state index contributed by atoms with van der Waals surface area (Å²) in [5.74, 6) is 0. The number of nitrogens with one attached hydrogen (secondary N) is 2. The quantitative estimate of drug-likeness (QED) is 0.838. The Morgan fingerprint density at radius 3 is 2.90 bits per heavy atom. The normalized spacial score (nSPS) is 27.1. The second-order valence-electron chi connectivity index (χ2n) is 5.27. The molecular weight excluding hydrogens is 296 g/mol. The molecule has 1 aromatic rings. The number of hydrogen-bond acceptors (Lipinski definition) is 5. The van der Waals surface area contributed by atoms with E-state index in [1.54, 1.807) is 6.07 Å². The Kier molecular flexibility index (Phi) is 4.86. The van der Waals surface area contributed by atoms with Crippen LogP contribution in [-0.4, -0.2) is 33.2 Å². The van der Waals surface area contributed by atoms with E-state index in [9.17, 15) is 8.42 Å². The second kappa shape index (κ2) is 6.11. The number of sulfonamides is 1. The Hall–Kier alpha value is -0.470. The van der Waals surface area contributed by atoms with Gasteiger partial charge in [0.15, 0.2) is 0 Å². The highest BCUT2D eigenvalue weighted by Gasteiger charge is 2.41. The fourth-order valence-corrected chi connectivity index (χ4v) is 5.18. The van der Waals surface area contributed by atoms with E-state index >= 15 is 0 Å². The third kappa shape index (κ3) is 3.23. The van der Waals surface area contributed by atoms with Crippen LogP contribution in [0.1, 0.15) is 32.1 Å². The minimum Gasteiger partial charge on any atom is -0.376 e. The Balaban J connectivity index is 2.20. The van der Waals surface area contributed by atoms with Crippen LogP contribution in [0.5, 0.6) is 0 Å². The lowest BCUT2D eigenvalue weighted by molar-refractivity contribution is 0.0957. The predicted molar refractivity (Wildman–Crippen MR) is 80.5 cm³/mol. The van der Waals surface area contributed by atoms with Crippen molar-refractivity contribution in [3.05, 3.63) is 16.3 Å². The van der Waals surface area contributed by atoms with Crippen LogP contribution in [0, 0.1) is 0 Å². The van der Waals surface area contributed by atoms with Gasteiger partial charge >= 0.3 is 0 Å². The van der Waals surface area contributed by atoms with Crippen LogP contribution in [0.2, 0.25) is 0 Å². The lowest BCUT2D eigenvalue weighted by atomic mass is 9.97. The van der Waals surface area contributed by atoms with Crippen molar-refractivity contribution in [2.24, 2.45) is 0 Å². The average Bonchev–Trinajstić information content (AvgIpc) is 2.95. The fraction of sp³-hybridized carbons (Fsp3) is 0.692. The van der Waals surface area contributed by atoms with E-state index < -0.39 is 15.6 Å². The smallest absolute Gasteiger partial charge is 0.242 e. The molecule has 0 saturated carbocycles. The topological polar surface area (TPSA) is 67.4 Å². The largest absolute Gasteiger partial charge is 0.376 e. The van der Waals surface area contributed by atoms with Gasteiger partial charge in [0, 0.05) is 18.0 Å². The maximum absolute atomic E-state index is 12.6. The van der Waals surface area contributed by atoms with E-state index in [2.05, 4.69) is 10.0 Å². The van der Waals surface area contributed by atoms with E-state index in [1.807, 2.05) is 26.2 Å². The molecule has 0 radical (unpaired) electrons. The van der Waals surface area contributed by atoms with Crippen molar-refractivity contribution in [1.82, 2.24) is 10.0 Å². The van der Waals surface area contributed by atoms with E-state index in [1.165, 1.54) is 11.3 Å². The molecule has 0 amide bonds. The average molecular weight is 318 g/mol. The van der Waals surface area contributed by atoms with E-state index in [0.717, 1.165) is 11.4 Å². The van der Waals surface area contributed by atoms with Crippen LogP contribution in [0.15, 0.2) is 16.3 Å². The SMILES string of the molecule is CCNCc1sccc1S(=O)(=O)NC1(C)CCOC1C. The molecule has 0 aromatic carbocycles. The second-order valence-corrected chi connectivity index (χ2v) is 7.93. The van der Waals surface area contributed by atoms with Gasteiger partial charge in [0.25, 0.3) is 0 Å². The maximum Gasteiger partial charge on any atom is 0.242 e. The predicted octanol–water partition coefficient (Wildman–Crippen LogP) is 1.70. The minimum atomic E-state index is -3.51. The van der Waals surface area contributed by atoms with Crippen molar-refractivity contribution in [1.29, 1.82) is 0 Å². The summed E-state index contributed by atoms with van der Waals surface area (Å²) in [6.45, 7) is 7.79. The highest BCUT2D eigenvalue weighted by atomic mass is 32.2. The summed E-state index contributed by atoms with van der Waals surface area (Å²) in [6, 6.07) is 1.67. The molecule has 1 aliphatic heterocycles. The van der Waals surface area contributed by atoms with Crippen LogP contribution in [0.25, 0.3) is 0 Å². The van der Waals surface area contributed by atoms with Gasteiger partial charge in [0.2, 0.25) is 10.0 Å². The van der Waals surface area contributed by atoms with Gasteiger partial charge in [-0.15, -0.1) is 11.3 Å². The Morgan fingerprint density at radius 1 is 1.55 bits per heavy atom. The minimum absolute atomic E-state index is 0.117. The highest BCUT2D eigenvalue weighted by molar-refractivity contribution is 7.89. The molecule has 1 fully saturated rings. The summed E-state index contributed by atoms with van der Waals surface area (Å²) < 4.78 is 33.5. The zero-order valence-electron chi connectivity index (χ0n) is 12.1. The molecule has 7 heteroatoms. The van der Waals surface area contributed by atoms with Crippen molar-refractivity contribution in [2.75, 3.05) is 13.2 Å². The molecule has 1 saturated heterocycles. The van der Waals surface area contributed by atoms with E-state index in [-0.39, 0.29) is 6.10 Å². The summed E-state index contributed by atoms with van der Waals surface area (Å²) in [5, 5.41) is 4.99. The Morgan fingerprint density at radius 2 is 2.30 bits per heavy atom. The summed E-state index contributed by atoms with van der Waals surface area (Å²) in [5.41, 5.74) is -0.532. The van der Waals surface area contributed by atoms with Crippen LogP contribution >= 0.6 is 11.3 Å². The van der Waals surface area contributed by atoms with Crippen LogP contribution in [-0.2, 0) is 21.3 Å². The van der Waals surface area contributed by atoms with Crippen LogP contribution in [0.4, 0.5) is 0 Å². The van der Waals surface area contributed by atoms with Crippen molar-refractivity contribution >= 4 is 21.4 Å². The molecule has 2 rings (SSSR count). The van der Waals surface area contributed by atoms with Crippen LogP contribution < -0.4 is 10.0 Å². The van der Waals surface area contributed by atoms with Crippen molar-refractivity contribution < 1.29 is 13.2 Å². The molecular formula is C13H22N2O3S2. The van der Waals surface area contributed by atoms with Crippen molar-refractivity contribution in [3.63, 3.8) is 0 Å². The molecule has 2 heterocycles. The summed E-state index contributed by atoms with van der Waals surface area (Å²) in [6.07, 6.45) is 0.577. The van der Waals surface area contributed by atoms with Crippen molar-refractivity contribution in [2.45, 2.75) is 50.3 Å². The molecule has 1 aromatic heterocycles. The molecule has 114 valence electrons. The monoisotopic (exact) mass is 318 g/mol. The molecule has 5 nitrogen and oxygen atoms in total. The van der Waals surface area contributed by atoms with Gasteiger partial charge in [-0.05, 0) is 38.3 Å². The fourth-order valence-electron chi connectivity index (χ4n) is 2.27. The first-order valence-electron chi connectivity index (χ1n) is 6.82. The third-order valence-corrected chi connectivity index (χ3v) is 6.53. The molecule has 0 aliphatic carbocycles. The molecule has 2 unspecified atom stereocenters. The van der Waals surface area contributed by atoms with E-state index in [0.29, 0.717) is 24.5 Å². The molecule has 0 bridgehead atoms. The van der Waals surface area contributed by atoms with Gasteiger partial charge in [-0.25, -0.2) is 13.1 Å². The highest BCUT2D eigenvalue weighted by Crippen LogP contribution is 2.29. The third-order valence-electron chi connectivity index (χ3n) is 3.78. The van der Waals surface area contributed by atoms with Gasteiger partial charge in [-0.3, -0.25) is 0 Å². The molecule has 2 N–H and O–H groups in total. The number of rotatable bonds is 6. The molecule has 1 aliphatic rings. The van der Waals surface area contributed by atoms with Gasteiger partial charge < -0.3 is 10.1 Å². The van der Waals surface area contributed by atoms with Gasteiger partial charge in [0.1, 0.15) is 0 Å².